The Kier molecular flexibility index (Phi) is 20.3. The summed E-state index contributed by atoms with van der Waals surface area (Å²) >= 11 is 0. The first-order valence-corrected chi connectivity index (χ1v) is 9.39. The number of carbonyl (C=O) groups is 2. The van der Waals surface area contributed by atoms with Crippen molar-refractivity contribution >= 4 is 11.7 Å². The second kappa shape index (κ2) is 21.2. The summed E-state index contributed by atoms with van der Waals surface area (Å²) in [6, 6.07) is 0. The lowest BCUT2D eigenvalue weighted by Crippen LogP contribution is -2.26. The van der Waals surface area contributed by atoms with Crippen LogP contribution in [-0.2, 0) is 38.0 Å². The molecule has 0 rings (SSSR count). The van der Waals surface area contributed by atoms with E-state index >= 15 is 0 Å². The SMILES string of the molecule is CCC(=O)NCCOCCOCCOCCOCCOCCOCC(C)=O. The largest absolute Gasteiger partial charge is 0.377 e. The Balaban J connectivity index is 3.03. The van der Waals surface area contributed by atoms with Gasteiger partial charge in [0.1, 0.15) is 6.61 Å². The van der Waals surface area contributed by atoms with Crippen LogP contribution in [0.5, 0.6) is 0 Å². The Labute approximate surface area is 161 Å². The van der Waals surface area contributed by atoms with E-state index in [1.165, 1.54) is 6.92 Å². The van der Waals surface area contributed by atoms with E-state index in [1.807, 2.05) is 6.92 Å². The lowest BCUT2D eigenvalue weighted by Gasteiger charge is -2.08. The predicted molar refractivity (Wildman–Crippen MR) is 98.9 cm³/mol. The quantitative estimate of drug-likeness (QED) is 0.276. The molecule has 0 spiro atoms. The summed E-state index contributed by atoms with van der Waals surface area (Å²) in [6.07, 6.45) is 0.487. The number of rotatable bonds is 21. The van der Waals surface area contributed by atoms with Gasteiger partial charge in [-0.05, 0) is 6.92 Å². The highest BCUT2D eigenvalue weighted by molar-refractivity contribution is 5.76. The highest BCUT2D eigenvalue weighted by atomic mass is 16.6. The van der Waals surface area contributed by atoms with E-state index < -0.39 is 0 Å². The molecule has 0 aliphatic heterocycles. The molecule has 0 radical (unpaired) electrons. The average Bonchev–Trinajstić information content (AvgIpc) is 2.65. The molecule has 0 atom stereocenters. The Morgan fingerprint density at radius 2 is 1.00 bits per heavy atom. The van der Waals surface area contributed by atoms with Crippen LogP contribution in [0.1, 0.15) is 20.3 Å². The van der Waals surface area contributed by atoms with Crippen LogP contribution < -0.4 is 5.32 Å². The van der Waals surface area contributed by atoms with E-state index in [4.69, 9.17) is 28.4 Å². The van der Waals surface area contributed by atoms with Gasteiger partial charge >= 0.3 is 0 Å². The third-order valence-electron chi connectivity index (χ3n) is 3.06. The molecule has 0 aromatic rings. The van der Waals surface area contributed by atoms with Gasteiger partial charge in [-0.2, -0.15) is 0 Å². The minimum atomic E-state index is 0.00571. The highest BCUT2D eigenvalue weighted by Crippen LogP contribution is 1.85. The van der Waals surface area contributed by atoms with Crippen LogP contribution in [0.3, 0.4) is 0 Å². The summed E-state index contributed by atoms with van der Waals surface area (Å²) in [7, 11) is 0. The van der Waals surface area contributed by atoms with Crippen molar-refractivity contribution in [3.05, 3.63) is 0 Å². The maximum Gasteiger partial charge on any atom is 0.219 e. The van der Waals surface area contributed by atoms with Crippen molar-refractivity contribution in [3.8, 4) is 0 Å². The first kappa shape index (κ1) is 25.9. The van der Waals surface area contributed by atoms with Crippen molar-refractivity contribution in [1.29, 1.82) is 0 Å². The average molecular weight is 393 g/mol. The van der Waals surface area contributed by atoms with Gasteiger partial charge in [0.25, 0.3) is 0 Å². The van der Waals surface area contributed by atoms with Crippen LogP contribution in [0.15, 0.2) is 0 Å². The Morgan fingerprint density at radius 1 is 0.630 bits per heavy atom. The predicted octanol–water partition coefficient (Wildman–Crippen LogP) is 0.201. The van der Waals surface area contributed by atoms with Gasteiger partial charge in [0.15, 0.2) is 5.78 Å². The van der Waals surface area contributed by atoms with Crippen molar-refractivity contribution in [3.63, 3.8) is 0 Å². The monoisotopic (exact) mass is 393 g/mol. The van der Waals surface area contributed by atoms with Gasteiger partial charge in [-0.3, -0.25) is 9.59 Å². The fraction of sp³-hybridized carbons (Fsp3) is 0.889. The molecule has 0 saturated carbocycles. The molecular formula is C18H35NO8. The first-order chi connectivity index (χ1) is 13.2. The molecule has 27 heavy (non-hydrogen) atoms. The molecule has 0 saturated heterocycles. The van der Waals surface area contributed by atoms with Crippen molar-refractivity contribution < 1.29 is 38.0 Å². The van der Waals surface area contributed by atoms with Crippen molar-refractivity contribution in [1.82, 2.24) is 5.32 Å². The molecule has 160 valence electrons. The van der Waals surface area contributed by atoms with Crippen LogP contribution >= 0.6 is 0 Å². The number of ether oxygens (including phenoxy) is 6. The lowest BCUT2D eigenvalue weighted by molar-refractivity contribution is -0.122. The summed E-state index contributed by atoms with van der Waals surface area (Å²) in [4.78, 5) is 21.6. The Bertz CT molecular complexity index is 354. The number of hydrogen-bond acceptors (Lipinski definition) is 8. The number of amides is 1. The van der Waals surface area contributed by atoms with Gasteiger partial charge < -0.3 is 33.7 Å². The molecule has 0 bridgehead atoms. The molecular weight excluding hydrogens is 358 g/mol. The summed E-state index contributed by atoms with van der Waals surface area (Å²) < 4.78 is 31.7. The van der Waals surface area contributed by atoms with Crippen molar-refractivity contribution in [2.24, 2.45) is 0 Å². The van der Waals surface area contributed by atoms with E-state index in [1.54, 1.807) is 0 Å². The van der Waals surface area contributed by atoms with E-state index in [9.17, 15) is 9.59 Å². The second-order valence-electron chi connectivity index (χ2n) is 5.52. The van der Waals surface area contributed by atoms with Crippen molar-refractivity contribution in [2.45, 2.75) is 20.3 Å². The molecule has 0 heterocycles. The van der Waals surface area contributed by atoms with E-state index in [2.05, 4.69) is 5.32 Å². The van der Waals surface area contributed by atoms with Gasteiger partial charge in [-0.15, -0.1) is 0 Å². The number of carbonyl (C=O) groups excluding carboxylic acids is 2. The fourth-order valence-corrected chi connectivity index (χ4v) is 1.70. The highest BCUT2D eigenvalue weighted by Gasteiger charge is 1.96. The first-order valence-electron chi connectivity index (χ1n) is 9.39. The van der Waals surface area contributed by atoms with Crippen LogP contribution in [-0.4, -0.2) is 97.5 Å². The van der Waals surface area contributed by atoms with Gasteiger partial charge in [-0.25, -0.2) is 0 Å². The molecule has 0 aromatic carbocycles. The standard InChI is InChI=1S/C18H35NO8/c1-3-18(21)19-4-5-22-6-7-23-8-9-24-10-11-25-12-13-26-14-15-27-16-17(2)20/h3-16H2,1-2H3,(H,19,21). The molecule has 1 N–H and O–H groups in total. The van der Waals surface area contributed by atoms with Crippen LogP contribution in [0.4, 0.5) is 0 Å². The van der Waals surface area contributed by atoms with E-state index in [-0.39, 0.29) is 18.3 Å². The molecule has 9 heteroatoms. The number of hydrogen-bond donors (Lipinski definition) is 1. The zero-order valence-corrected chi connectivity index (χ0v) is 16.7. The Hall–Kier alpha value is -1.10. The third-order valence-corrected chi connectivity index (χ3v) is 3.06. The summed E-state index contributed by atoms with van der Waals surface area (Å²) in [6.45, 7) is 9.23. The fourth-order valence-electron chi connectivity index (χ4n) is 1.70. The molecule has 0 aromatic heterocycles. The molecule has 0 unspecified atom stereocenters. The summed E-state index contributed by atoms with van der Waals surface area (Å²) in [5, 5.41) is 2.73. The number of Topliss-reactive ketones (excluding diaryl/α,β-unsaturated/α-hetero) is 1. The molecule has 0 aliphatic carbocycles. The minimum absolute atomic E-state index is 0.00571. The van der Waals surface area contributed by atoms with Crippen LogP contribution in [0, 0.1) is 0 Å². The third kappa shape index (κ3) is 22.9. The topological polar surface area (TPSA) is 102 Å². The summed E-state index contributed by atoms with van der Waals surface area (Å²) in [5.41, 5.74) is 0. The molecule has 0 fully saturated rings. The molecule has 0 aliphatic rings. The number of ketones is 1. The normalized spacial score (nSPS) is 10.9. The smallest absolute Gasteiger partial charge is 0.219 e. The zero-order chi connectivity index (χ0) is 20.0. The lowest BCUT2D eigenvalue weighted by atomic mass is 10.4. The van der Waals surface area contributed by atoms with Crippen LogP contribution in [0.2, 0.25) is 0 Å². The van der Waals surface area contributed by atoms with Gasteiger partial charge in [-0.1, -0.05) is 6.92 Å². The van der Waals surface area contributed by atoms with Crippen LogP contribution in [0.25, 0.3) is 0 Å². The van der Waals surface area contributed by atoms with E-state index in [0.717, 1.165) is 0 Å². The maximum atomic E-state index is 11.0. The molecule has 9 nitrogen and oxygen atoms in total. The van der Waals surface area contributed by atoms with Gasteiger partial charge in [0.2, 0.25) is 5.91 Å². The second-order valence-corrected chi connectivity index (χ2v) is 5.52. The maximum absolute atomic E-state index is 11.0. The zero-order valence-electron chi connectivity index (χ0n) is 16.7. The van der Waals surface area contributed by atoms with E-state index in [0.29, 0.717) is 85.6 Å². The number of nitrogens with one attached hydrogen (secondary N) is 1. The Morgan fingerprint density at radius 3 is 1.37 bits per heavy atom. The molecule has 1 amide bonds. The van der Waals surface area contributed by atoms with Crippen molar-refractivity contribution in [2.75, 3.05) is 85.8 Å². The minimum Gasteiger partial charge on any atom is -0.377 e. The summed E-state index contributed by atoms with van der Waals surface area (Å²) in [5.74, 6) is 0.0328. The van der Waals surface area contributed by atoms with Gasteiger partial charge in [0.05, 0.1) is 72.7 Å². The van der Waals surface area contributed by atoms with Gasteiger partial charge in [0, 0.05) is 13.0 Å².